The SMILES string of the molecule is CNCCn1cc(Oc2ccccc2)cn1. The van der Waals surface area contributed by atoms with Crippen molar-refractivity contribution in [1.82, 2.24) is 15.1 Å². The lowest BCUT2D eigenvalue weighted by Gasteiger charge is -2.01. The predicted octanol–water partition coefficient (Wildman–Crippen LogP) is 1.89. The van der Waals surface area contributed by atoms with E-state index in [-0.39, 0.29) is 0 Å². The van der Waals surface area contributed by atoms with Gasteiger partial charge in [-0.05, 0) is 19.2 Å². The van der Waals surface area contributed by atoms with Crippen LogP contribution in [0.5, 0.6) is 11.5 Å². The molecule has 1 aromatic carbocycles. The number of rotatable bonds is 5. The first-order valence-electron chi connectivity index (χ1n) is 5.28. The van der Waals surface area contributed by atoms with E-state index in [0.717, 1.165) is 24.6 Å². The molecular formula is C12H15N3O. The number of likely N-dealkylation sites (N-methyl/N-ethyl adjacent to an activating group) is 1. The van der Waals surface area contributed by atoms with Crippen molar-refractivity contribution in [3.63, 3.8) is 0 Å². The van der Waals surface area contributed by atoms with E-state index in [1.807, 2.05) is 48.3 Å². The van der Waals surface area contributed by atoms with Crippen LogP contribution in [0.2, 0.25) is 0 Å². The first-order valence-corrected chi connectivity index (χ1v) is 5.28. The number of hydrogen-bond acceptors (Lipinski definition) is 3. The lowest BCUT2D eigenvalue weighted by molar-refractivity contribution is 0.480. The zero-order valence-electron chi connectivity index (χ0n) is 9.26. The Kier molecular flexibility index (Phi) is 3.56. The first kappa shape index (κ1) is 10.7. The van der Waals surface area contributed by atoms with Crippen LogP contribution >= 0.6 is 0 Å². The third-order valence-corrected chi connectivity index (χ3v) is 2.18. The summed E-state index contributed by atoms with van der Waals surface area (Å²) < 4.78 is 7.49. The number of ether oxygens (including phenoxy) is 1. The molecule has 2 aromatic rings. The highest BCUT2D eigenvalue weighted by molar-refractivity contribution is 5.27. The summed E-state index contributed by atoms with van der Waals surface area (Å²) in [6.45, 7) is 1.74. The molecule has 0 bridgehead atoms. The quantitative estimate of drug-likeness (QED) is 0.831. The zero-order valence-corrected chi connectivity index (χ0v) is 9.26. The van der Waals surface area contributed by atoms with E-state index in [4.69, 9.17) is 4.74 Å². The van der Waals surface area contributed by atoms with Crippen LogP contribution in [-0.4, -0.2) is 23.4 Å². The molecule has 1 aromatic heterocycles. The molecule has 16 heavy (non-hydrogen) atoms. The molecule has 0 unspecified atom stereocenters. The lowest BCUT2D eigenvalue weighted by atomic mass is 10.3. The summed E-state index contributed by atoms with van der Waals surface area (Å²) in [6, 6.07) is 9.70. The van der Waals surface area contributed by atoms with Crippen molar-refractivity contribution < 1.29 is 4.74 Å². The maximum atomic E-state index is 5.64. The maximum absolute atomic E-state index is 5.64. The van der Waals surface area contributed by atoms with Crippen molar-refractivity contribution in [3.8, 4) is 11.5 Å². The van der Waals surface area contributed by atoms with E-state index in [0.29, 0.717) is 0 Å². The van der Waals surface area contributed by atoms with Crippen LogP contribution in [0.25, 0.3) is 0 Å². The zero-order chi connectivity index (χ0) is 11.2. The van der Waals surface area contributed by atoms with Crippen molar-refractivity contribution in [2.24, 2.45) is 0 Å². The Hall–Kier alpha value is -1.81. The van der Waals surface area contributed by atoms with Crippen molar-refractivity contribution in [2.45, 2.75) is 6.54 Å². The topological polar surface area (TPSA) is 39.1 Å². The van der Waals surface area contributed by atoms with Gasteiger partial charge in [0.05, 0.1) is 18.9 Å². The van der Waals surface area contributed by atoms with Gasteiger partial charge in [-0.2, -0.15) is 5.10 Å². The first-order chi connectivity index (χ1) is 7.88. The smallest absolute Gasteiger partial charge is 0.165 e. The molecule has 1 heterocycles. The van der Waals surface area contributed by atoms with Crippen molar-refractivity contribution >= 4 is 0 Å². The Labute approximate surface area is 94.9 Å². The highest BCUT2D eigenvalue weighted by atomic mass is 16.5. The third kappa shape index (κ3) is 2.84. The monoisotopic (exact) mass is 217 g/mol. The van der Waals surface area contributed by atoms with Crippen molar-refractivity contribution in [3.05, 3.63) is 42.7 Å². The Morgan fingerprint density at radius 1 is 1.25 bits per heavy atom. The van der Waals surface area contributed by atoms with Crippen LogP contribution in [-0.2, 0) is 6.54 Å². The van der Waals surface area contributed by atoms with Gasteiger partial charge in [0, 0.05) is 6.54 Å². The van der Waals surface area contributed by atoms with Crippen molar-refractivity contribution in [2.75, 3.05) is 13.6 Å². The molecule has 0 saturated heterocycles. The van der Waals surface area contributed by atoms with E-state index in [9.17, 15) is 0 Å². The molecule has 0 aliphatic rings. The highest BCUT2D eigenvalue weighted by Crippen LogP contribution is 2.19. The summed E-state index contributed by atoms with van der Waals surface area (Å²) in [5.41, 5.74) is 0. The standard InChI is InChI=1S/C12H15N3O/c1-13-7-8-15-10-12(9-14-15)16-11-5-3-2-4-6-11/h2-6,9-10,13H,7-8H2,1H3. The second-order valence-corrected chi connectivity index (χ2v) is 3.46. The molecule has 0 aliphatic heterocycles. The normalized spacial score (nSPS) is 10.3. The molecule has 4 nitrogen and oxygen atoms in total. The minimum atomic E-state index is 0.766. The van der Waals surface area contributed by atoms with E-state index in [2.05, 4.69) is 10.4 Å². The third-order valence-electron chi connectivity index (χ3n) is 2.18. The Morgan fingerprint density at radius 3 is 2.81 bits per heavy atom. The van der Waals surface area contributed by atoms with Gasteiger partial charge in [0.15, 0.2) is 5.75 Å². The summed E-state index contributed by atoms with van der Waals surface area (Å²) >= 11 is 0. The molecule has 0 fully saturated rings. The van der Waals surface area contributed by atoms with Gasteiger partial charge < -0.3 is 10.1 Å². The van der Waals surface area contributed by atoms with Crippen molar-refractivity contribution in [1.29, 1.82) is 0 Å². The number of benzene rings is 1. The van der Waals surface area contributed by atoms with Gasteiger partial charge in [-0.25, -0.2) is 0 Å². The fraction of sp³-hybridized carbons (Fsp3) is 0.250. The molecule has 0 atom stereocenters. The summed E-state index contributed by atoms with van der Waals surface area (Å²) in [4.78, 5) is 0. The van der Waals surface area contributed by atoms with Gasteiger partial charge in [0.1, 0.15) is 5.75 Å². The molecule has 84 valence electrons. The van der Waals surface area contributed by atoms with Crippen LogP contribution in [0.4, 0.5) is 0 Å². The summed E-state index contributed by atoms with van der Waals surface area (Å²) in [5.74, 6) is 1.60. The average molecular weight is 217 g/mol. The van der Waals surface area contributed by atoms with E-state index >= 15 is 0 Å². The number of nitrogens with one attached hydrogen (secondary N) is 1. The number of nitrogens with zero attached hydrogens (tertiary/aromatic N) is 2. The molecule has 0 saturated carbocycles. The molecule has 0 amide bonds. The fourth-order valence-electron chi connectivity index (χ4n) is 1.37. The van der Waals surface area contributed by atoms with E-state index in [1.165, 1.54) is 0 Å². The largest absolute Gasteiger partial charge is 0.454 e. The number of hydrogen-bond donors (Lipinski definition) is 1. The van der Waals surface area contributed by atoms with Gasteiger partial charge in [-0.1, -0.05) is 18.2 Å². The van der Waals surface area contributed by atoms with Gasteiger partial charge in [0.2, 0.25) is 0 Å². The Balaban J connectivity index is 1.97. The molecule has 0 spiro atoms. The maximum Gasteiger partial charge on any atom is 0.165 e. The minimum absolute atomic E-state index is 0.766. The molecule has 0 aliphatic carbocycles. The highest BCUT2D eigenvalue weighted by Gasteiger charge is 2.00. The van der Waals surface area contributed by atoms with E-state index < -0.39 is 0 Å². The molecule has 4 heteroatoms. The Bertz CT molecular complexity index is 425. The summed E-state index contributed by atoms with van der Waals surface area (Å²) in [5, 5.41) is 7.28. The second-order valence-electron chi connectivity index (χ2n) is 3.46. The van der Waals surface area contributed by atoms with Crippen LogP contribution < -0.4 is 10.1 Å². The van der Waals surface area contributed by atoms with Gasteiger partial charge in [0.25, 0.3) is 0 Å². The summed E-state index contributed by atoms with van der Waals surface area (Å²) in [7, 11) is 1.92. The number of aromatic nitrogens is 2. The molecule has 0 radical (unpaired) electrons. The van der Waals surface area contributed by atoms with Crippen LogP contribution in [0.1, 0.15) is 0 Å². The fourth-order valence-corrected chi connectivity index (χ4v) is 1.37. The molecule has 2 rings (SSSR count). The summed E-state index contributed by atoms with van der Waals surface area (Å²) in [6.07, 6.45) is 3.62. The Morgan fingerprint density at radius 2 is 2.06 bits per heavy atom. The number of para-hydroxylation sites is 1. The molecular weight excluding hydrogens is 202 g/mol. The minimum Gasteiger partial charge on any atom is -0.454 e. The average Bonchev–Trinajstić information content (AvgIpc) is 2.75. The van der Waals surface area contributed by atoms with Gasteiger partial charge in [-0.3, -0.25) is 4.68 Å². The second kappa shape index (κ2) is 5.32. The lowest BCUT2D eigenvalue weighted by Crippen LogP contribution is -2.14. The van der Waals surface area contributed by atoms with Crippen LogP contribution in [0.15, 0.2) is 42.7 Å². The van der Waals surface area contributed by atoms with Crippen LogP contribution in [0.3, 0.4) is 0 Å². The predicted molar refractivity (Wildman–Crippen MR) is 62.7 cm³/mol. The van der Waals surface area contributed by atoms with E-state index in [1.54, 1.807) is 6.20 Å². The van der Waals surface area contributed by atoms with Crippen LogP contribution in [0, 0.1) is 0 Å². The van der Waals surface area contributed by atoms with Gasteiger partial charge in [-0.15, -0.1) is 0 Å². The van der Waals surface area contributed by atoms with Gasteiger partial charge >= 0.3 is 0 Å². The molecule has 1 N–H and O–H groups in total.